The summed E-state index contributed by atoms with van der Waals surface area (Å²) in [5.41, 5.74) is 2.42. The van der Waals surface area contributed by atoms with Crippen molar-refractivity contribution in [3.8, 4) is 5.75 Å². The van der Waals surface area contributed by atoms with Gasteiger partial charge in [0, 0.05) is 11.1 Å². The average molecular weight is 340 g/mol. The fraction of sp³-hybridized carbons (Fsp3) is 0.211. The molecule has 0 N–H and O–H groups in total. The highest BCUT2D eigenvalue weighted by atomic mass is 16.6. The lowest BCUT2D eigenvalue weighted by molar-refractivity contribution is -0.156. The number of ketones is 1. The number of ether oxygens (including phenoxy) is 3. The third-order valence-corrected chi connectivity index (χ3v) is 3.86. The van der Waals surface area contributed by atoms with E-state index in [-0.39, 0.29) is 12.2 Å². The largest absolute Gasteiger partial charge is 0.488 e. The van der Waals surface area contributed by atoms with E-state index in [9.17, 15) is 14.4 Å². The second-order valence-corrected chi connectivity index (χ2v) is 5.52. The van der Waals surface area contributed by atoms with Crippen molar-refractivity contribution in [1.82, 2.24) is 0 Å². The van der Waals surface area contributed by atoms with Crippen molar-refractivity contribution in [2.75, 3.05) is 13.7 Å². The molecule has 1 aliphatic rings. The number of methoxy groups -OCH3 is 1. The van der Waals surface area contributed by atoms with E-state index in [0.29, 0.717) is 29.0 Å². The first-order valence-electron chi connectivity index (χ1n) is 7.69. The summed E-state index contributed by atoms with van der Waals surface area (Å²) in [7, 11) is 1.21. The highest BCUT2D eigenvalue weighted by Gasteiger charge is 2.22. The molecule has 1 aliphatic heterocycles. The molecule has 0 bridgehead atoms. The molecular formula is C19H16O6. The Balaban J connectivity index is 1.79. The molecule has 2 aromatic rings. The van der Waals surface area contributed by atoms with Crippen LogP contribution in [-0.4, -0.2) is 31.4 Å². The van der Waals surface area contributed by atoms with E-state index < -0.39 is 18.5 Å². The lowest BCUT2D eigenvalue weighted by Crippen LogP contribution is -2.16. The monoisotopic (exact) mass is 340 g/mol. The summed E-state index contributed by atoms with van der Waals surface area (Å²) in [5.74, 6) is -0.871. The highest BCUT2D eigenvalue weighted by molar-refractivity contribution is 6.12. The predicted molar refractivity (Wildman–Crippen MR) is 87.3 cm³/mol. The van der Waals surface area contributed by atoms with E-state index in [1.54, 1.807) is 30.3 Å². The fourth-order valence-corrected chi connectivity index (χ4v) is 2.57. The second kappa shape index (κ2) is 7.17. The number of hydrogen-bond acceptors (Lipinski definition) is 6. The molecule has 0 fully saturated rings. The van der Waals surface area contributed by atoms with Gasteiger partial charge in [-0.05, 0) is 17.7 Å². The Morgan fingerprint density at radius 1 is 1.08 bits per heavy atom. The average Bonchev–Trinajstić information content (AvgIpc) is 2.77. The van der Waals surface area contributed by atoms with Crippen LogP contribution in [0.15, 0.2) is 42.5 Å². The Morgan fingerprint density at radius 3 is 2.68 bits per heavy atom. The molecule has 3 rings (SSSR count). The van der Waals surface area contributed by atoms with Crippen molar-refractivity contribution in [2.45, 2.75) is 13.0 Å². The number of benzene rings is 2. The summed E-state index contributed by atoms with van der Waals surface area (Å²) in [6.07, 6.45) is -0.0563. The molecule has 0 radical (unpaired) electrons. The Morgan fingerprint density at radius 2 is 1.88 bits per heavy atom. The van der Waals surface area contributed by atoms with Crippen molar-refractivity contribution < 1.29 is 28.6 Å². The molecule has 128 valence electrons. The first-order chi connectivity index (χ1) is 12.1. The van der Waals surface area contributed by atoms with E-state index in [1.807, 2.05) is 12.1 Å². The summed E-state index contributed by atoms with van der Waals surface area (Å²) in [6.45, 7) is -0.120. The molecule has 0 saturated heterocycles. The predicted octanol–water partition coefficient (Wildman–Crippen LogP) is 2.07. The molecule has 0 aliphatic carbocycles. The van der Waals surface area contributed by atoms with Crippen LogP contribution in [-0.2, 0) is 32.1 Å². The standard InChI is InChI=1S/C19H16O6/c1-23-18(21)11-25-17(20)9-12-6-7-16-15(8-12)19(22)14-5-3-2-4-13(14)10-24-16/h2-8H,9-11H2,1H3. The van der Waals surface area contributed by atoms with Gasteiger partial charge in [-0.15, -0.1) is 0 Å². The molecule has 2 aromatic carbocycles. The molecule has 6 heteroatoms. The SMILES string of the molecule is COC(=O)COC(=O)Cc1ccc2c(c1)C(=O)c1ccccc1CO2. The van der Waals surface area contributed by atoms with Gasteiger partial charge in [0.2, 0.25) is 0 Å². The van der Waals surface area contributed by atoms with Gasteiger partial charge in [-0.3, -0.25) is 9.59 Å². The minimum atomic E-state index is -0.629. The third-order valence-electron chi connectivity index (χ3n) is 3.86. The topological polar surface area (TPSA) is 78.9 Å². The Kier molecular flexibility index (Phi) is 4.79. The first-order valence-corrected chi connectivity index (χ1v) is 7.69. The minimum Gasteiger partial charge on any atom is -0.488 e. The second-order valence-electron chi connectivity index (χ2n) is 5.52. The Labute approximate surface area is 144 Å². The Bertz CT molecular complexity index is 840. The maximum absolute atomic E-state index is 12.8. The van der Waals surface area contributed by atoms with Gasteiger partial charge in [0.1, 0.15) is 12.4 Å². The van der Waals surface area contributed by atoms with Crippen LogP contribution in [0.3, 0.4) is 0 Å². The number of carbonyl (C=O) groups excluding carboxylic acids is 3. The zero-order valence-electron chi connectivity index (χ0n) is 13.6. The summed E-state index contributed by atoms with van der Waals surface area (Å²) in [6, 6.07) is 12.3. The first kappa shape index (κ1) is 16.7. The van der Waals surface area contributed by atoms with Crippen molar-refractivity contribution in [3.63, 3.8) is 0 Å². The summed E-state index contributed by atoms with van der Waals surface area (Å²) >= 11 is 0. The normalized spacial score (nSPS) is 12.3. The smallest absolute Gasteiger partial charge is 0.344 e. The van der Waals surface area contributed by atoms with Crippen LogP contribution in [0.5, 0.6) is 5.75 Å². The van der Waals surface area contributed by atoms with Gasteiger partial charge in [0.05, 0.1) is 19.1 Å². The quantitative estimate of drug-likeness (QED) is 0.793. The molecule has 0 spiro atoms. The number of esters is 2. The van der Waals surface area contributed by atoms with Crippen LogP contribution in [0.1, 0.15) is 27.0 Å². The van der Waals surface area contributed by atoms with Gasteiger partial charge in [-0.25, -0.2) is 4.79 Å². The van der Waals surface area contributed by atoms with E-state index in [0.717, 1.165) is 5.56 Å². The van der Waals surface area contributed by atoms with Gasteiger partial charge in [-0.1, -0.05) is 30.3 Å². The number of fused-ring (bicyclic) bond motifs is 2. The van der Waals surface area contributed by atoms with Crippen molar-refractivity contribution in [2.24, 2.45) is 0 Å². The van der Waals surface area contributed by atoms with Crippen LogP contribution < -0.4 is 4.74 Å². The zero-order valence-corrected chi connectivity index (χ0v) is 13.6. The van der Waals surface area contributed by atoms with Crippen LogP contribution in [0.2, 0.25) is 0 Å². The van der Waals surface area contributed by atoms with Crippen LogP contribution in [0.4, 0.5) is 0 Å². The minimum absolute atomic E-state index is 0.0563. The molecule has 0 amide bonds. The molecule has 6 nitrogen and oxygen atoms in total. The lowest BCUT2D eigenvalue weighted by atomic mass is 9.97. The van der Waals surface area contributed by atoms with E-state index >= 15 is 0 Å². The van der Waals surface area contributed by atoms with Crippen LogP contribution in [0, 0.1) is 0 Å². The molecule has 0 aromatic heterocycles. The number of rotatable bonds is 4. The maximum Gasteiger partial charge on any atom is 0.344 e. The molecule has 0 unspecified atom stereocenters. The molecule has 25 heavy (non-hydrogen) atoms. The molecule has 1 heterocycles. The summed E-state index contributed by atoms with van der Waals surface area (Å²) in [4.78, 5) is 35.6. The summed E-state index contributed by atoms with van der Waals surface area (Å²) in [5, 5.41) is 0. The van der Waals surface area contributed by atoms with Gasteiger partial charge in [0.25, 0.3) is 0 Å². The van der Waals surface area contributed by atoms with Gasteiger partial charge in [-0.2, -0.15) is 0 Å². The number of carbonyl (C=O) groups is 3. The van der Waals surface area contributed by atoms with Crippen molar-refractivity contribution >= 4 is 17.7 Å². The Hall–Kier alpha value is -3.15. The van der Waals surface area contributed by atoms with E-state index in [1.165, 1.54) is 7.11 Å². The van der Waals surface area contributed by atoms with Crippen LogP contribution >= 0.6 is 0 Å². The van der Waals surface area contributed by atoms with E-state index in [2.05, 4.69) is 4.74 Å². The zero-order chi connectivity index (χ0) is 17.8. The van der Waals surface area contributed by atoms with Gasteiger partial charge in [0.15, 0.2) is 12.4 Å². The molecular weight excluding hydrogens is 324 g/mol. The third kappa shape index (κ3) is 3.68. The van der Waals surface area contributed by atoms with Gasteiger partial charge >= 0.3 is 11.9 Å². The highest BCUT2D eigenvalue weighted by Crippen LogP contribution is 2.29. The molecule has 0 atom stereocenters. The summed E-state index contributed by atoms with van der Waals surface area (Å²) < 4.78 is 14.9. The van der Waals surface area contributed by atoms with E-state index in [4.69, 9.17) is 9.47 Å². The lowest BCUT2D eigenvalue weighted by Gasteiger charge is -2.08. The molecule has 0 saturated carbocycles. The number of hydrogen-bond donors (Lipinski definition) is 0. The maximum atomic E-state index is 12.8. The van der Waals surface area contributed by atoms with Crippen molar-refractivity contribution in [3.05, 3.63) is 64.7 Å². The van der Waals surface area contributed by atoms with Crippen LogP contribution in [0.25, 0.3) is 0 Å². The van der Waals surface area contributed by atoms with Crippen molar-refractivity contribution in [1.29, 1.82) is 0 Å². The fourth-order valence-electron chi connectivity index (χ4n) is 2.57. The van der Waals surface area contributed by atoms with Gasteiger partial charge < -0.3 is 14.2 Å².